The number of hydrogen-bond donors (Lipinski definition) is 0. The van der Waals surface area contributed by atoms with Gasteiger partial charge in [0.15, 0.2) is 0 Å². The molecule has 0 aliphatic carbocycles. The largest absolute Gasteiger partial charge is 0.496 e. The van der Waals surface area contributed by atoms with Gasteiger partial charge in [0.05, 0.1) is 10.5 Å². The van der Waals surface area contributed by atoms with Crippen LogP contribution in [0.4, 0.5) is 0 Å². The Bertz CT molecular complexity index is 436. The van der Waals surface area contributed by atoms with Crippen LogP contribution in [0.2, 0.25) is 0 Å². The first-order valence-corrected chi connectivity index (χ1v) is 6.84. The van der Waals surface area contributed by atoms with Crippen molar-refractivity contribution in [3.05, 3.63) is 32.2 Å². The number of halogens is 2. The van der Waals surface area contributed by atoms with Crippen molar-refractivity contribution < 1.29 is 9.47 Å². The van der Waals surface area contributed by atoms with E-state index < -0.39 is 0 Å². The number of hydrogen-bond acceptors (Lipinski definition) is 2. The predicted octanol–water partition coefficient (Wildman–Crippen LogP) is 4.63. The summed E-state index contributed by atoms with van der Waals surface area (Å²) in [6, 6.07) is 2.01. The van der Waals surface area contributed by atoms with Gasteiger partial charge in [-0.2, -0.15) is 0 Å². The summed E-state index contributed by atoms with van der Waals surface area (Å²) in [7, 11) is 1.69. The molecule has 4 heteroatoms. The molecule has 0 N–H and O–H groups in total. The van der Waals surface area contributed by atoms with Gasteiger partial charge in [-0.3, -0.25) is 0 Å². The quantitative estimate of drug-likeness (QED) is 0.776. The maximum atomic E-state index is 5.72. The van der Waals surface area contributed by atoms with Crippen molar-refractivity contribution in [3.63, 3.8) is 0 Å². The van der Waals surface area contributed by atoms with E-state index in [0.29, 0.717) is 6.61 Å². The summed E-state index contributed by atoms with van der Waals surface area (Å²) in [4.78, 5) is 0. The smallest absolute Gasteiger partial charge is 0.125 e. The Kier molecular flexibility index (Phi) is 5.53. The van der Waals surface area contributed by atoms with Gasteiger partial charge >= 0.3 is 0 Å². The lowest BCUT2D eigenvalue weighted by Gasteiger charge is -2.15. The molecule has 0 spiro atoms. The number of rotatable bonds is 4. The predicted molar refractivity (Wildman–Crippen MR) is 78.6 cm³/mol. The second-order valence-electron chi connectivity index (χ2n) is 3.78. The molecule has 0 heterocycles. The lowest BCUT2D eigenvalue weighted by atomic mass is 10.0. The zero-order chi connectivity index (χ0) is 13.0. The van der Waals surface area contributed by atoms with Crippen LogP contribution >= 0.6 is 31.9 Å². The van der Waals surface area contributed by atoms with E-state index in [1.807, 2.05) is 32.9 Å². The molecule has 0 saturated heterocycles. The van der Waals surface area contributed by atoms with Crippen LogP contribution in [0, 0.1) is 20.8 Å². The Hall–Kier alpha value is -0.480. The molecule has 0 aromatic heterocycles. The summed E-state index contributed by atoms with van der Waals surface area (Å²) in [5, 5.41) is 0. The lowest BCUT2D eigenvalue weighted by Crippen LogP contribution is -2.00. The molecule has 17 heavy (non-hydrogen) atoms. The first kappa shape index (κ1) is 14.6. The Balaban J connectivity index is 2.98. The van der Waals surface area contributed by atoms with Crippen molar-refractivity contribution in [2.45, 2.75) is 20.8 Å². The molecule has 0 saturated carbocycles. The second-order valence-corrected chi connectivity index (χ2v) is 6.55. The van der Waals surface area contributed by atoms with E-state index in [2.05, 4.69) is 31.9 Å². The van der Waals surface area contributed by atoms with E-state index in [4.69, 9.17) is 9.47 Å². The maximum Gasteiger partial charge on any atom is 0.125 e. The fraction of sp³-hybridized carbons (Fsp3) is 0.385. The molecule has 0 aliphatic rings. The van der Waals surface area contributed by atoms with Gasteiger partial charge in [0.2, 0.25) is 0 Å². The monoisotopic (exact) mass is 362 g/mol. The minimum Gasteiger partial charge on any atom is -0.496 e. The Labute approximate surface area is 119 Å². The number of ether oxygens (including phenoxy) is 2. The zero-order valence-corrected chi connectivity index (χ0v) is 13.6. The number of benzene rings is 1. The molecule has 0 atom stereocenters. The van der Waals surface area contributed by atoms with Crippen LogP contribution in [0.5, 0.6) is 11.5 Å². The van der Waals surface area contributed by atoms with E-state index >= 15 is 0 Å². The van der Waals surface area contributed by atoms with Crippen molar-refractivity contribution in [1.82, 2.24) is 0 Å². The van der Waals surface area contributed by atoms with Crippen LogP contribution in [0.25, 0.3) is 0 Å². The summed E-state index contributed by atoms with van der Waals surface area (Å²) in [6.45, 7) is 6.63. The van der Waals surface area contributed by atoms with Gasteiger partial charge in [0, 0.05) is 0 Å². The molecule has 0 aliphatic heterocycles. The minimum atomic E-state index is 0.526. The van der Waals surface area contributed by atoms with Crippen LogP contribution in [-0.4, -0.2) is 13.7 Å². The fourth-order valence-electron chi connectivity index (χ4n) is 1.68. The van der Waals surface area contributed by atoms with Crippen molar-refractivity contribution in [2.24, 2.45) is 0 Å². The molecule has 0 fully saturated rings. The average Bonchev–Trinajstić information content (AvgIpc) is 2.25. The molecule has 0 unspecified atom stereocenters. The first-order chi connectivity index (χ1) is 7.97. The van der Waals surface area contributed by atoms with Gasteiger partial charge in [-0.15, -0.1) is 0 Å². The van der Waals surface area contributed by atoms with Crippen LogP contribution in [0.15, 0.2) is 15.5 Å². The summed E-state index contributed by atoms with van der Waals surface area (Å²) >= 11 is 6.59. The third kappa shape index (κ3) is 3.75. The highest BCUT2D eigenvalue weighted by atomic mass is 79.9. The van der Waals surface area contributed by atoms with Crippen molar-refractivity contribution in [3.8, 4) is 11.5 Å². The van der Waals surface area contributed by atoms with E-state index in [1.54, 1.807) is 7.11 Å². The van der Waals surface area contributed by atoms with Crippen LogP contribution < -0.4 is 9.47 Å². The summed E-state index contributed by atoms with van der Waals surface area (Å²) in [5.41, 5.74) is 3.34. The van der Waals surface area contributed by atoms with Gasteiger partial charge in [-0.05, 0) is 81.5 Å². The first-order valence-electron chi connectivity index (χ1n) is 5.26. The summed E-state index contributed by atoms with van der Waals surface area (Å²) in [6.07, 6.45) is 1.91. The van der Waals surface area contributed by atoms with Gasteiger partial charge < -0.3 is 9.47 Å². The SMILES string of the molecule is COc1c(C)cc(OCC=C(Br)Br)c(C)c1C. The van der Waals surface area contributed by atoms with Gasteiger partial charge in [0.1, 0.15) is 18.1 Å². The van der Waals surface area contributed by atoms with E-state index in [0.717, 1.165) is 31.6 Å². The van der Waals surface area contributed by atoms with Crippen molar-refractivity contribution in [1.29, 1.82) is 0 Å². The summed E-state index contributed by atoms with van der Waals surface area (Å²) in [5.74, 6) is 1.84. The van der Waals surface area contributed by atoms with Crippen LogP contribution in [-0.2, 0) is 0 Å². The minimum absolute atomic E-state index is 0.526. The number of methoxy groups -OCH3 is 1. The molecule has 1 rings (SSSR count). The normalized spacial score (nSPS) is 10.0. The van der Waals surface area contributed by atoms with Gasteiger partial charge in [-0.1, -0.05) is 0 Å². The Morgan fingerprint density at radius 1 is 1.24 bits per heavy atom. The molecule has 1 aromatic rings. The molecule has 0 amide bonds. The highest BCUT2D eigenvalue weighted by Crippen LogP contribution is 2.32. The molecule has 2 nitrogen and oxygen atoms in total. The zero-order valence-electron chi connectivity index (χ0n) is 10.4. The number of aryl methyl sites for hydroxylation is 1. The standard InChI is InChI=1S/C13H16Br2O2/c1-8-7-11(17-6-5-12(14)15)9(2)10(3)13(8)16-4/h5,7H,6H2,1-4H3. The topological polar surface area (TPSA) is 18.5 Å². The van der Waals surface area contributed by atoms with Gasteiger partial charge in [-0.25, -0.2) is 0 Å². The molecule has 1 aromatic carbocycles. The highest BCUT2D eigenvalue weighted by Gasteiger charge is 2.11. The summed E-state index contributed by atoms with van der Waals surface area (Å²) < 4.78 is 12.0. The van der Waals surface area contributed by atoms with Crippen LogP contribution in [0.1, 0.15) is 16.7 Å². The fourth-order valence-corrected chi connectivity index (χ4v) is 1.94. The van der Waals surface area contributed by atoms with E-state index in [1.165, 1.54) is 0 Å². The van der Waals surface area contributed by atoms with E-state index in [9.17, 15) is 0 Å². The molecule has 0 bridgehead atoms. The van der Waals surface area contributed by atoms with Crippen molar-refractivity contribution in [2.75, 3.05) is 13.7 Å². The third-order valence-corrected chi connectivity index (χ3v) is 3.31. The Morgan fingerprint density at radius 3 is 2.41 bits per heavy atom. The van der Waals surface area contributed by atoms with E-state index in [-0.39, 0.29) is 0 Å². The molecule has 94 valence electrons. The second kappa shape index (κ2) is 6.45. The lowest BCUT2D eigenvalue weighted by molar-refractivity contribution is 0.356. The molecular weight excluding hydrogens is 348 g/mol. The van der Waals surface area contributed by atoms with Crippen molar-refractivity contribution >= 4 is 31.9 Å². The average molecular weight is 364 g/mol. The third-order valence-electron chi connectivity index (χ3n) is 2.66. The highest BCUT2D eigenvalue weighted by molar-refractivity contribution is 9.28. The Morgan fingerprint density at radius 2 is 1.88 bits per heavy atom. The maximum absolute atomic E-state index is 5.72. The van der Waals surface area contributed by atoms with Gasteiger partial charge in [0.25, 0.3) is 0 Å². The van der Waals surface area contributed by atoms with Crippen LogP contribution in [0.3, 0.4) is 0 Å². The molecular formula is C13H16Br2O2. The molecule has 0 radical (unpaired) electrons.